The molecule has 1 aliphatic heterocycles. The zero-order valence-corrected chi connectivity index (χ0v) is 14.0. The number of hydrogen-bond donors (Lipinski definition) is 1. The molecule has 26 heavy (non-hydrogen) atoms. The number of anilines is 2. The molecular weight excluding hydrogens is 351 g/mol. The second-order valence-corrected chi connectivity index (χ2v) is 6.29. The van der Waals surface area contributed by atoms with Gasteiger partial charge in [-0.1, -0.05) is 0 Å². The molecule has 0 aliphatic carbocycles. The highest BCUT2D eigenvalue weighted by molar-refractivity contribution is 5.63. The van der Waals surface area contributed by atoms with Gasteiger partial charge in [0, 0.05) is 38.4 Å². The Labute approximate surface area is 147 Å². The van der Waals surface area contributed by atoms with Gasteiger partial charge in [-0.2, -0.15) is 18.3 Å². The zero-order chi connectivity index (χ0) is 18.9. The van der Waals surface area contributed by atoms with Gasteiger partial charge in [-0.15, -0.1) is 0 Å². The van der Waals surface area contributed by atoms with E-state index in [1.54, 1.807) is 10.9 Å². The summed E-state index contributed by atoms with van der Waals surface area (Å²) in [6.07, 6.45) is 0.632. The molecule has 0 bridgehead atoms. The summed E-state index contributed by atoms with van der Waals surface area (Å²) in [5, 5.41) is 18.4. The van der Waals surface area contributed by atoms with E-state index in [1.165, 1.54) is 0 Å². The zero-order valence-electron chi connectivity index (χ0n) is 14.0. The summed E-state index contributed by atoms with van der Waals surface area (Å²) in [5.74, 6) is 0. The highest BCUT2D eigenvalue weighted by Gasteiger charge is 2.33. The minimum Gasteiger partial charge on any atom is -0.375 e. The Balaban J connectivity index is 1.78. The van der Waals surface area contributed by atoms with Gasteiger partial charge in [-0.25, -0.2) is 0 Å². The van der Waals surface area contributed by atoms with E-state index in [-0.39, 0.29) is 11.7 Å². The molecule has 1 fully saturated rings. The number of halogens is 3. The van der Waals surface area contributed by atoms with Crippen LogP contribution in [0.25, 0.3) is 0 Å². The first-order chi connectivity index (χ1) is 12.2. The lowest BCUT2D eigenvalue weighted by atomic mass is 10.0. The van der Waals surface area contributed by atoms with E-state index in [0.717, 1.165) is 37.2 Å². The first-order valence-electron chi connectivity index (χ1n) is 8.10. The normalized spacial score (nSPS) is 18.0. The van der Waals surface area contributed by atoms with Crippen LogP contribution in [-0.4, -0.2) is 33.8 Å². The fourth-order valence-corrected chi connectivity index (χ4v) is 3.10. The Morgan fingerprint density at radius 2 is 2.15 bits per heavy atom. The van der Waals surface area contributed by atoms with Crippen molar-refractivity contribution >= 4 is 17.1 Å². The van der Waals surface area contributed by atoms with Crippen molar-refractivity contribution in [2.75, 3.05) is 23.3 Å². The lowest BCUT2D eigenvalue weighted by Gasteiger charge is -2.34. The van der Waals surface area contributed by atoms with Crippen molar-refractivity contribution in [3.8, 4) is 0 Å². The first kappa shape index (κ1) is 18.0. The van der Waals surface area contributed by atoms with Crippen molar-refractivity contribution in [2.45, 2.75) is 25.1 Å². The van der Waals surface area contributed by atoms with Crippen LogP contribution in [0.2, 0.25) is 0 Å². The monoisotopic (exact) mass is 369 g/mol. The van der Waals surface area contributed by atoms with Crippen molar-refractivity contribution in [1.82, 2.24) is 9.78 Å². The predicted molar refractivity (Wildman–Crippen MR) is 90.2 cm³/mol. The Bertz CT molecular complexity index is 805. The molecule has 10 heteroatoms. The number of alkyl halides is 3. The van der Waals surface area contributed by atoms with Gasteiger partial charge in [0.15, 0.2) is 0 Å². The molecule has 1 aromatic heterocycles. The van der Waals surface area contributed by atoms with Crippen molar-refractivity contribution in [1.29, 1.82) is 0 Å². The number of aromatic nitrogens is 2. The molecule has 1 saturated heterocycles. The van der Waals surface area contributed by atoms with Crippen LogP contribution >= 0.6 is 0 Å². The number of nitrogens with zero attached hydrogens (tertiary/aromatic N) is 4. The number of hydrogen-bond acceptors (Lipinski definition) is 5. The molecule has 0 radical (unpaired) electrons. The van der Waals surface area contributed by atoms with Crippen LogP contribution in [0.15, 0.2) is 30.6 Å². The molecule has 140 valence electrons. The van der Waals surface area contributed by atoms with Crippen LogP contribution in [0.1, 0.15) is 18.4 Å². The summed E-state index contributed by atoms with van der Waals surface area (Å²) in [5.41, 5.74) is -0.560. The largest absolute Gasteiger partial charge is 0.416 e. The van der Waals surface area contributed by atoms with Crippen LogP contribution in [0.3, 0.4) is 0 Å². The number of rotatable bonds is 4. The molecule has 1 aromatic carbocycles. The summed E-state index contributed by atoms with van der Waals surface area (Å²) < 4.78 is 40.1. The first-order valence-corrected chi connectivity index (χ1v) is 8.10. The lowest BCUT2D eigenvalue weighted by Crippen LogP contribution is -2.42. The average molecular weight is 369 g/mol. The maximum Gasteiger partial charge on any atom is 0.416 e. The standard InChI is InChI=1S/C16H18F3N5O2/c1-22-10-13(8-20-22)23-6-2-3-12(9-23)21-14-5-4-11(16(17,18)19)7-15(14)24(25)26/h4-5,7-8,10,12,21H,2-3,6,9H2,1H3. The number of nitro benzene ring substituents is 1. The highest BCUT2D eigenvalue weighted by atomic mass is 19.4. The molecule has 7 nitrogen and oxygen atoms in total. The van der Waals surface area contributed by atoms with E-state index in [9.17, 15) is 23.3 Å². The Hall–Kier alpha value is -2.78. The highest BCUT2D eigenvalue weighted by Crippen LogP contribution is 2.35. The SMILES string of the molecule is Cn1cc(N2CCCC(Nc3ccc(C(F)(F)F)cc3[N+](=O)[O-])C2)cn1. The van der Waals surface area contributed by atoms with Crippen LogP contribution in [0.5, 0.6) is 0 Å². The smallest absolute Gasteiger partial charge is 0.375 e. The third-order valence-corrected chi connectivity index (χ3v) is 4.36. The topological polar surface area (TPSA) is 76.2 Å². The van der Waals surface area contributed by atoms with Gasteiger partial charge < -0.3 is 10.2 Å². The fraction of sp³-hybridized carbons (Fsp3) is 0.438. The molecule has 2 heterocycles. The van der Waals surface area contributed by atoms with Gasteiger partial charge in [-0.05, 0) is 25.0 Å². The average Bonchev–Trinajstić information content (AvgIpc) is 3.01. The molecular formula is C16H18F3N5O2. The van der Waals surface area contributed by atoms with E-state index >= 15 is 0 Å². The maximum atomic E-state index is 12.8. The summed E-state index contributed by atoms with van der Waals surface area (Å²) in [4.78, 5) is 12.5. The number of nitrogens with one attached hydrogen (secondary N) is 1. The van der Waals surface area contributed by atoms with Crippen LogP contribution in [0, 0.1) is 10.1 Å². The Morgan fingerprint density at radius 3 is 2.77 bits per heavy atom. The molecule has 1 unspecified atom stereocenters. The van der Waals surface area contributed by atoms with E-state index in [4.69, 9.17) is 0 Å². The molecule has 2 aromatic rings. The van der Waals surface area contributed by atoms with Gasteiger partial charge in [0.1, 0.15) is 5.69 Å². The number of piperidine rings is 1. The van der Waals surface area contributed by atoms with Gasteiger partial charge in [0.05, 0.1) is 22.4 Å². The van der Waals surface area contributed by atoms with Gasteiger partial charge in [-0.3, -0.25) is 14.8 Å². The van der Waals surface area contributed by atoms with Gasteiger partial charge in [0.25, 0.3) is 5.69 Å². The number of benzene rings is 1. The summed E-state index contributed by atoms with van der Waals surface area (Å²) in [6.45, 7) is 1.42. The molecule has 0 saturated carbocycles. The summed E-state index contributed by atoms with van der Waals surface area (Å²) >= 11 is 0. The van der Waals surface area contributed by atoms with E-state index in [2.05, 4.69) is 15.3 Å². The molecule has 1 atom stereocenters. The summed E-state index contributed by atoms with van der Waals surface area (Å²) in [6, 6.07) is 2.45. The van der Waals surface area contributed by atoms with Crippen LogP contribution in [0.4, 0.5) is 30.2 Å². The molecule has 3 rings (SSSR count). The van der Waals surface area contributed by atoms with Crippen molar-refractivity contribution < 1.29 is 18.1 Å². The van der Waals surface area contributed by atoms with E-state index in [1.807, 2.05) is 13.2 Å². The Morgan fingerprint density at radius 1 is 1.38 bits per heavy atom. The second kappa shape index (κ2) is 6.85. The van der Waals surface area contributed by atoms with Crippen molar-refractivity contribution in [2.24, 2.45) is 7.05 Å². The third kappa shape index (κ3) is 3.89. The maximum absolute atomic E-state index is 12.8. The van der Waals surface area contributed by atoms with E-state index < -0.39 is 22.4 Å². The minimum absolute atomic E-state index is 0.0982. The molecule has 0 amide bonds. The van der Waals surface area contributed by atoms with Crippen molar-refractivity contribution in [3.63, 3.8) is 0 Å². The fourth-order valence-electron chi connectivity index (χ4n) is 3.10. The minimum atomic E-state index is -4.62. The number of aryl methyl sites for hydroxylation is 1. The number of nitro groups is 1. The predicted octanol–water partition coefficient (Wildman–Crippen LogP) is 3.43. The summed E-state index contributed by atoms with van der Waals surface area (Å²) in [7, 11) is 1.81. The third-order valence-electron chi connectivity index (χ3n) is 4.36. The van der Waals surface area contributed by atoms with Crippen LogP contribution in [-0.2, 0) is 13.2 Å². The molecule has 0 spiro atoms. The second-order valence-electron chi connectivity index (χ2n) is 6.29. The Kier molecular flexibility index (Phi) is 4.75. The van der Waals surface area contributed by atoms with E-state index in [0.29, 0.717) is 12.6 Å². The van der Waals surface area contributed by atoms with Crippen LogP contribution < -0.4 is 10.2 Å². The lowest BCUT2D eigenvalue weighted by molar-refractivity contribution is -0.384. The molecule has 1 N–H and O–H groups in total. The van der Waals surface area contributed by atoms with Gasteiger partial charge in [0.2, 0.25) is 0 Å². The van der Waals surface area contributed by atoms with Gasteiger partial charge >= 0.3 is 6.18 Å². The van der Waals surface area contributed by atoms with Crippen molar-refractivity contribution in [3.05, 3.63) is 46.3 Å². The molecule has 1 aliphatic rings. The quantitative estimate of drug-likeness (QED) is 0.660.